The fraction of sp³-hybridized carbons (Fsp3) is 0.632. The Hall–Kier alpha value is -1.51. The molecule has 1 aliphatic rings. The van der Waals surface area contributed by atoms with E-state index in [1.54, 1.807) is 7.11 Å². The maximum Gasteiger partial charge on any atom is 0.220 e. The number of methoxy groups -OCH3 is 1. The van der Waals surface area contributed by atoms with Crippen LogP contribution in [-0.2, 0) is 10.2 Å². The average molecular weight is 303 g/mol. The van der Waals surface area contributed by atoms with Gasteiger partial charge in [0.25, 0.3) is 0 Å². The van der Waals surface area contributed by atoms with Gasteiger partial charge < -0.3 is 10.1 Å². The molecular formula is C19H29NO2. The van der Waals surface area contributed by atoms with E-state index in [0.29, 0.717) is 6.42 Å². The van der Waals surface area contributed by atoms with Gasteiger partial charge in [-0.05, 0) is 36.0 Å². The van der Waals surface area contributed by atoms with Crippen molar-refractivity contribution in [3.8, 4) is 5.75 Å². The molecule has 3 nitrogen and oxygen atoms in total. The van der Waals surface area contributed by atoms with E-state index in [9.17, 15) is 4.79 Å². The normalized spacial score (nSPS) is 17.3. The minimum atomic E-state index is 0.0348. The number of ether oxygens (including phenoxy) is 1. The number of benzene rings is 1. The molecule has 3 heteroatoms. The second kappa shape index (κ2) is 6.72. The number of carbonyl (C=O) groups is 1. The molecule has 0 radical (unpaired) electrons. The van der Waals surface area contributed by atoms with Crippen molar-refractivity contribution in [3.63, 3.8) is 0 Å². The highest BCUT2D eigenvalue weighted by Gasteiger charge is 2.36. The first kappa shape index (κ1) is 16.9. The molecular weight excluding hydrogens is 274 g/mol. The Morgan fingerprint density at radius 2 is 1.77 bits per heavy atom. The van der Waals surface area contributed by atoms with Gasteiger partial charge in [-0.25, -0.2) is 0 Å². The first-order valence-electron chi connectivity index (χ1n) is 8.26. The topological polar surface area (TPSA) is 38.3 Å². The van der Waals surface area contributed by atoms with Gasteiger partial charge in [0.2, 0.25) is 5.91 Å². The summed E-state index contributed by atoms with van der Waals surface area (Å²) in [5.74, 6) is 1.04. The zero-order valence-corrected chi connectivity index (χ0v) is 14.4. The molecule has 1 aromatic carbocycles. The van der Waals surface area contributed by atoms with Crippen LogP contribution in [0.15, 0.2) is 24.3 Å². The Bertz CT molecular complexity index is 493. The average Bonchev–Trinajstić information content (AvgIpc) is 2.94. The lowest BCUT2D eigenvalue weighted by molar-refractivity contribution is -0.123. The summed E-state index contributed by atoms with van der Waals surface area (Å²) < 4.78 is 5.25. The lowest BCUT2D eigenvalue weighted by Crippen LogP contribution is -2.40. The molecule has 0 spiro atoms. The molecule has 1 saturated carbocycles. The number of nitrogens with one attached hydrogen (secondary N) is 1. The fourth-order valence-electron chi connectivity index (χ4n) is 3.38. The zero-order chi connectivity index (χ0) is 16.2. The summed E-state index contributed by atoms with van der Waals surface area (Å²) in [7, 11) is 1.69. The molecule has 0 atom stereocenters. The highest BCUT2D eigenvalue weighted by molar-refractivity contribution is 5.76. The van der Waals surface area contributed by atoms with Gasteiger partial charge in [-0.2, -0.15) is 0 Å². The Labute approximate surface area is 134 Å². The van der Waals surface area contributed by atoms with Gasteiger partial charge in [0.05, 0.1) is 7.11 Å². The molecule has 0 unspecified atom stereocenters. The van der Waals surface area contributed by atoms with Crippen molar-refractivity contribution >= 4 is 5.91 Å². The molecule has 0 saturated heterocycles. The first-order valence-corrected chi connectivity index (χ1v) is 8.26. The van der Waals surface area contributed by atoms with Crippen molar-refractivity contribution in [1.82, 2.24) is 5.32 Å². The smallest absolute Gasteiger partial charge is 0.220 e. The molecule has 0 heterocycles. The predicted molar refractivity (Wildman–Crippen MR) is 90.2 cm³/mol. The molecule has 1 amide bonds. The van der Waals surface area contributed by atoms with E-state index in [-0.39, 0.29) is 16.7 Å². The van der Waals surface area contributed by atoms with Crippen molar-refractivity contribution in [3.05, 3.63) is 29.8 Å². The van der Waals surface area contributed by atoms with Crippen LogP contribution in [-0.4, -0.2) is 19.6 Å². The molecule has 122 valence electrons. The van der Waals surface area contributed by atoms with E-state index < -0.39 is 0 Å². The van der Waals surface area contributed by atoms with Gasteiger partial charge in [0, 0.05) is 18.4 Å². The van der Waals surface area contributed by atoms with Crippen molar-refractivity contribution < 1.29 is 9.53 Å². The van der Waals surface area contributed by atoms with Crippen LogP contribution in [0.1, 0.15) is 58.4 Å². The number of amides is 1. The van der Waals surface area contributed by atoms with E-state index >= 15 is 0 Å². The number of hydrogen-bond donors (Lipinski definition) is 1. The third-order valence-electron chi connectivity index (χ3n) is 4.58. The first-order chi connectivity index (χ1) is 10.3. The zero-order valence-electron chi connectivity index (χ0n) is 14.4. The Kier molecular flexibility index (Phi) is 5.15. The SMILES string of the molecule is COc1ccc(C2(CNC(=O)CC(C)(C)C)CCCC2)cc1. The summed E-state index contributed by atoms with van der Waals surface area (Å²) >= 11 is 0. The van der Waals surface area contributed by atoms with Crippen LogP contribution in [0.5, 0.6) is 5.75 Å². The summed E-state index contributed by atoms with van der Waals surface area (Å²) in [4.78, 5) is 12.2. The van der Waals surface area contributed by atoms with Crippen molar-refractivity contribution in [2.24, 2.45) is 5.41 Å². The second-order valence-corrected chi connectivity index (χ2v) is 7.73. The maximum absolute atomic E-state index is 12.2. The third kappa shape index (κ3) is 4.25. The van der Waals surface area contributed by atoms with E-state index in [1.165, 1.54) is 18.4 Å². The lowest BCUT2D eigenvalue weighted by Gasteiger charge is -2.31. The molecule has 0 aromatic heterocycles. The van der Waals surface area contributed by atoms with Crippen LogP contribution in [0.2, 0.25) is 0 Å². The molecule has 1 fully saturated rings. The quantitative estimate of drug-likeness (QED) is 0.891. The fourth-order valence-corrected chi connectivity index (χ4v) is 3.38. The standard InChI is InChI=1S/C19H29NO2/c1-18(2,3)13-17(21)20-14-19(11-5-6-12-19)15-7-9-16(22-4)10-8-15/h7-10H,5-6,11-14H2,1-4H3,(H,20,21). The monoisotopic (exact) mass is 303 g/mol. The van der Waals surface area contributed by atoms with Gasteiger partial charge in [0.1, 0.15) is 5.75 Å². The van der Waals surface area contributed by atoms with E-state index in [2.05, 4.69) is 38.2 Å². The lowest BCUT2D eigenvalue weighted by atomic mass is 9.78. The summed E-state index contributed by atoms with van der Waals surface area (Å²) in [6.45, 7) is 7.04. The third-order valence-corrected chi connectivity index (χ3v) is 4.58. The summed E-state index contributed by atoms with van der Waals surface area (Å²) in [6, 6.07) is 8.35. The van der Waals surface area contributed by atoms with Gasteiger partial charge >= 0.3 is 0 Å². The van der Waals surface area contributed by atoms with Crippen LogP contribution in [0.25, 0.3) is 0 Å². The second-order valence-electron chi connectivity index (χ2n) is 7.73. The van der Waals surface area contributed by atoms with Crippen molar-refractivity contribution in [2.45, 2.75) is 58.3 Å². The van der Waals surface area contributed by atoms with Gasteiger partial charge in [-0.1, -0.05) is 45.7 Å². The van der Waals surface area contributed by atoms with Gasteiger partial charge in [0.15, 0.2) is 0 Å². The summed E-state index contributed by atoms with van der Waals surface area (Å²) in [6.07, 6.45) is 5.35. The van der Waals surface area contributed by atoms with Crippen LogP contribution < -0.4 is 10.1 Å². The largest absolute Gasteiger partial charge is 0.497 e. The minimum Gasteiger partial charge on any atom is -0.497 e. The van der Waals surface area contributed by atoms with Crippen molar-refractivity contribution in [1.29, 1.82) is 0 Å². The number of hydrogen-bond acceptors (Lipinski definition) is 2. The van der Waals surface area contributed by atoms with E-state index in [4.69, 9.17) is 4.74 Å². The predicted octanol–water partition coefficient (Wildman–Crippen LogP) is 4.06. The highest BCUT2D eigenvalue weighted by atomic mass is 16.5. The van der Waals surface area contributed by atoms with Crippen LogP contribution in [0.3, 0.4) is 0 Å². The van der Waals surface area contributed by atoms with Gasteiger partial charge in [-0.3, -0.25) is 4.79 Å². The highest BCUT2D eigenvalue weighted by Crippen LogP contribution is 2.41. The number of carbonyl (C=O) groups excluding carboxylic acids is 1. The molecule has 2 rings (SSSR count). The molecule has 1 aliphatic carbocycles. The van der Waals surface area contributed by atoms with E-state index in [0.717, 1.165) is 25.1 Å². The van der Waals surface area contributed by atoms with Crippen LogP contribution >= 0.6 is 0 Å². The molecule has 0 aliphatic heterocycles. The molecule has 0 bridgehead atoms. The number of rotatable bonds is 5. The van der Waals surface area contributed by atoms with Crippen molar-refractivity contribution in [2.75, 3.05) is 13.7 Å². The molecule has 22 heavy (non-hydrogen) atoms. The molecule has 1 aromatic rings. The van der Waals surface area contributed by atoms with Crippen LogP contribution in [0, 0.1) is 5.41 Å². The maximum atomic E-state index is 12.2. The Morgan fingerprint density at radius 3 is 2.27 bits per heavy atom. The Morgan fingerprint density at radius 1 is 1.18 bits per heavy atom. The Balaban J connectivity index is 2.06. The van der Waals surface area contributed by atoms with Crippen LogP contribution in [0.4, 0.5) is 0 Å². The summed E-state index contributed by atoms with van der Waals surface area (Å²) in [5.41, 5.74) is 1.45. The minimum absolute atomic E-state index is 0.0348. The summed E-state index contributed by atoms with van der Waals surface area (Å²) in [5, 5.41) is 3.18. The van der Waals surface area contributed by atoms with Gasteiger partial charge in [-0.15, -0.1) is 0 Å². The molecule has 1 N–H and O–H groups in total. The van der Waals surface area contributed by atoms with E-state index in [1.807, 2.05) is 12.1 Å².